The van der Waals surface area contributed by atoms with Gasteiger partial charge in [-0.25, -0.2) is 4.79 Å². The van der Waals surface area contributed by atoms with Gasteiger partial charge >= 0.3 is 5.97 Å². The lowest BCUT2D eigenvalue weighted by Gasteiger charge is -2.21. The summed E-state index contributed by atoms with van der Waals surface area (Å²) in [6.45, 7) is 3.70. The van der Waals surface area contributed by atoms with Crippen molar-refractivity contribution in [3.63, 3.8) is 0 Å². The van der Waals surface area contributed by atoms with Gasteiger partial charge in [-0.2, -0.15) is 4.98 Å². The first-order valence-corrected chi connectivity index (χ1v) is 11.9. The number of oxazole rings is 1. The Hall–Kier alpha value is -4.20. The maximum Gasteiger partial charge on any atom is 0.344 e. The molecule has 0 aliphatic rings. The van der Waals surface area contributed by atoms with Crippen molar-refractivity contribution in [3.05, 3.63) is 78.4 Å². The number of methoxy groups -OCH3 is 1. The maximum atomic E-state index is 11.6. The molecule has 188 valence electrons. The molecule has 0 bridgehead atoms. The lowest BCUT2D eigenvalue weighted by atomic mass is 10.2. The van der Waals surface area contributed by atoms with E-state index in [0.29, 0.717) is 38.1 Å². The van der Waals surface area contributed by atoms with Crippen LogP contribution in [0.3, 0.4) is 0 Å². The summed E-state index contributed by atoms with van der Waals surface area (Å²) in [6, 6.07) is 23.4. The van der Waals surface area contributed by atoms with Crippen LogP contribution in [0.4, 0.5) is 6.01 Å². The SMILES string of the molecule is CCOC(=O)COc1cccc(CN(CCCOc2ccc(OC)cc2)c2nc3ccccc3o2)c1. The van der Waals surface area contributed by atoms with Crippen LogP contribution in [0.15, 0.2) is 77.2 Å². The van der Waals surface area contributed by atoms with Crippen LogP contribution in [-0.4, -0.2) is 44.4 Å². The average Bonchev–Trinajstić information content (AvgIpc) is 3.34. The summed E-state index contributed by atoms with van der Waals surface area (Å²) in [7, 11) is 1.64. The lowest BCUT2D eigenvalue weighted by Crippen LogP contribution is -2.25. The molecule has 1 aromatic heterocycles. The van der Waals surface area contributed by atoms with Gasteiger partial charge in [0.1, 0.15) is 22.8 Å². The Morgan fingerprint density at radius 3 is 2.53 bits per heavy atom. The van der Waals surface area contributed by atoms with Crippen LogP contribution in [0.1, 0.15) is 18.9 Å². The Balaban J connectivity index is 1.42. The van der Waals surface area contributed by atoms with Gasteiger partial charge in [0.15, 0.2) is 12.2 Å². The molecule has 36 heavy (non-hydrogen) atoms. The molecular formula is C28H30N2O6. The molecule has 0 amide bonds. The highest BCUT2D eigenvalue weighted by Gasteiger charge is 2.15. The molecule has 4 rings (SSSR count). The summed E-state index contributed by atoms with van der Waals surface area (Å²) < 4.78 is 27.7. The van der Waals surface area contributed by atoms with Gasteiger partial charge in [0.05, 0.1) is 20.3 Å². The van der Waals surface area contributed by atoms with Crippen molar-refractivity contribution in [2.24, 2.45) is 0 Å². The van der Waals surface area contributed by atoms with Crippen LogP contribution in [0.25, 0.3) is 11.1 Å². The molecule has 0 saturated carbocycles. The molecule has 0 spiro atoms. The molecule has 0 N–H and O–H groups in total. The van der Waals surface area contributed by atoms with Gasteiger partial charge in [0.25, 0.3) is 6.01 Å². The fraction of sp³-hybridized carbons (Fsp3) is 0.286. The number of ether oxygens (including phenoxy) is 4. The number of hydrogen-bond donors (Lipinski definition) is 0. The van der Waals surface area contributed by atoms with E-state index >= 15 is 0 Å². The molecule has 0 aliphatic carbocycles. The molecule has 4 aromatic rings. The number of rotatable bonds is 13. The minimum atomic E-state index is -0.395. The molecule has 0 aliphatic heterocycles. The largest absolute Gasteiger partial charge is 0.497 e. The zero-order valence-electron chi connectivity index (χ0n) is 20.5. The summed E-state index contributed by atoms with van der Waals surface area (Å²) in [5, 5.41) is 0. The van der Waals surface area contributed by atoms with E-state index in [1.54, 1.807) is 14.0 Å². The van der Waals surface area contributed by atoms with Crippen LogP contribution < -0.4 is 19.1 Å². The summed E-state index contributed by atoms with van der Waals surface area (Å²) >= 11 is 0. The van der Waals surface area contributed by atoms with Crippen molar-refractivity contribution < 1.29 is 28.2 Å². The highest BCUT2D eigenvalue weighted by molar-refractivity contribution is 5.74. The van der Waals surface area contributed by atoms with E-state index in [2.05, 4.69) is 9.88 Å². The van der Waals surface area contributed by atoms with E-state index in [9.17, 15) is 4.79 Å². The van der Waals surface area contributed by atoms with Crippen molar-refractivity contribution in [1.82, 2.24) is 4.98 Å². The Kier molecular flexibility index (Phi) is 8.64. The number of para-hydroxylation sites is 2. The number of fused-ring (bicyclic) bond motifs is 1. The van der Waals surface area contributed by atoms with E-state index < -0.39 is 5.97 Å². The van der Waals surface area contributed by atoms with E-state index in [1.807, 2.05) is 72.8 Å². The molecule has 1 heterocycles. The molecule has 8 heteroatoms. The second-order valence-corrected chi connectivity index (χ2v) is 8.00. The number of carbonyl (C=O) groups excluding carboxylic acids is 1. The minimum absolute atomic E-state index is 0.130. The molecule has 3 aromatic carbocycles. The summed E-state index contributed by atoms with van der Waals surface area (Å²) in [5.74, 6) is 1.78. The van der Waals surface area contributed by atoms with Gasteiger partial charge in [0.2, 0.25) is 0 Å². The molecule has 0 atom stereocenters. The Labute approximate surface area is 210 Å². The molecule has 0 unspecified atom stereocenters. The molecule has 8 nitrogen and oxygen atoms in total. The standard InChI is InChI=1S/C28H30N2O6/c1-3-33-27(31)20-35-24-9-6-8-21(18-24)19-30(28-29-25-10-4-5-11-26(25)36-28)16-7-17-34-23-14-12-22(32-2)13-15-23/h4-6,8-15,18H,3,7,16-17,19-20H2,1-2H3. The molecule has 0 saturated heterocycles. The van der Waals surface area contributed by atoms with Gasteiger partial charge in [0, 0.05) is 13.1 Å². The van der Waals surface area contributed by atoms with Crippen molar-refractivity contribution in [1.29, 1.82) is 0 Å². The second-order valence-electron chi connectivity index (χ2n) is 8.00. The number of carbonyl (C=O) groups is 1. The summed E-state index contributed by atoms with van der Waals surface area (Å²) in [4.78, 5) is 18.4. The first-order chi connectivity index (χ1) is 17.6. The summed E-state index contributed by atoms with van der Waals surface area (Å²) in [6.07, 6.45) is 0.754. The lowest BCUT2D eigenvalue weighted by molar-refractivity contribution is -0.145. The van der Waals surface area contributed by atoms with E-state index in [4.69, 9.17) is 23.4 Å². The number of anilines is 1. The van der Waals surface area contributed by atoms with Crippen LogP contribution in [0, 0.1) is 0 Å². The molecule has 0 fully saturated rings. The predicted molar refractivity (Wildman–Crippen MR) is 137 cm³/mol. The third kappa shape index (κ3) is 6.91. The highest BCUT2D eigenvalue weighted by atomic mass is 16.6. The maximum absolute atomic E-state index is 11.6. The van der Waals surface area contributed by atoms with Gasteiger partial charge in [-0.3, -0.25) is 0 Å². The van der Waals surface area contributed by atoms with Crippen LogP contribution in [0.5, 0.6) is 17.2 Å². The first kappa shape index (κ1) is 24.9. The number of esters is 1. The molecule has 0 radical (unpaired) electrons. The average molecular weight is 491 g/mol. The van der Waals surface area contributed by atoms with Gasteiger partial charge in [-0.15, -0.1) is 0 Å². The van der Waals surface area contributed by atoms with Crippen LogP contribution in [-0.2, 0) is 16.1 Å². The number of aromatic nitrogens is 1. The van der Waals surface area contributed by atoms with Crippen LogP contribution in [0.2, 0.25) is 0 Å². The minimum Gasteiger partial charge on any atom is -0.497 e. The smallest absolute Gasteiger partial charge is 0.344 e. The number of hydrogen-bond acceptors (Lipinski definition) is 8. The highest BCUT2D eigenvalue weighted by Crippen LogP contribution is 2.25. The Bertz CT molecular complexity index is 1220. The van der Waals surface area contributed by atoms with E-state index in [0.717, 1.165) is 34.6 Å². The third-order valence-corrected chi connectivity index (χ3v) is 5.39. The van der Waals surface area contributed by atoms with Gasteiger partial charge in [-0.1, -0.05) is 24.3 Å². The monoisotopic (exact) mass is 490 g/mol. The number of benzene rings is 3. The van der Waals surface area contributed by atoms with Crippen molar-refractivity contribution in [2.45, 2.75) is 19.9 Å². The normalized spacial score (nSPS) is 10.7. The second kappa shape index (κ2) is 12.5. The Morgan fingerprint density at radius 2 is 1.75 bits per heavy atom. The number of nitrogens with zero attached hydrogens (tertiary/aromatic N) is 2. The molecular weight excluding hydrogens is 460 g/mol. The Morgan fingerprint density at radius 1 is 0.944 bits per heavy atom. The van der Waals surface area contributed by atoms with E-state index in [-0.39, 0.29) is 6.61 Å². The fourth-order valence-electron chi connectivity index (χ4n) is 3.65. The predicted octanol–water partition coefficient (Wildman–Crippen LogP) is 5.25. The van der Waals surface area contributed by atoms with Crippen molar-refractivity contribution >= 4 is 23.1 Å². The first-order valence-electron chi connectivity index (χ1n) is 11.9. The van der Waals surface area contributed by atoms with E-state index in [1.165, 1.54) is 0 Å². The third-order valence-electron chi connectivity index (χ3n) is 5.39. The quantitative estimate of drug-likeness (QED) is 0.186. The zero-order valence-corrected chi connectivity index (χ0v) is 20.5. The van der Waals surface area contributed by atoms with Gasteiger partial charge in [-0.05, 0) is 67.4 Å². The zero-order chi connectivity index (χ0) is 25.2. The topological polar surface area (TPSA) is 83.3 Å². The fourth-order valence-corrected chi connectivity index (χ4v) is 3.65. The van der Waals surface area contributed by atoms with Crippen molar-refractivity contribution in [2.75, 3.05) is 38.4 Å². The van der Waals surface area contributed by atoms with Crippen molar-refractivity contribution in [3.8, 4) is 17.2 Å². The summed E-state index contributed by atoms with van der Waals surface area (Å²) in [5.41, 5.74) is 2.53. The van der Waals surface area contributed by atoms with Crippen LogP contribution >= 0.6 is 0 Å². The van der Waals surface area contributed by atoms with Gasteiger partial charge < -0.3 is 28.3 Å².